The van der Waals surface area contributed by atoms with E-state index in [-0.39, 0.29) is 23.8 Å². The van der Waals surface area contributed by atoms with E-state index in [2.05, 4.69) is 9.97 Å². The van der Waals surface area contributed by atoms with E-state index in [0.29, 0.717) is 6.54 Å². The van der Waals surface area contributed by atoms with Gasteiger partial charge in [0.15, 0.2) is 0 Å². The molecule has 1 aromatic rings. The van der Waals surface area contributed by atoms with Gasteiger partial charge in [0.05, 0.1) is 0 Å². The van der Waals surface area contributed by atoms with Crippen molar-refractivity contribution in [3.8, 4) is 0 Å². The van der Waals surface area contributed by atoms with E-state index in [9.17, 15) is 14.4 Å². The number of aromatic amines is 1. The first-order valence-corrected chi connectivity index (χ1v) is 6.25. The molecule has 0 saturated heterocycles. The second-order valence-electron chi connectivity index (χ2n) is 5.14. The number of carbonyl (C=O) groups is 1. The number of hydrogen-bond donors (Lipinski definition) is 1. The smallest absolute Gasteiger partial charge is 0.282 e. The maximum absolute atomic E-state index is 11.8. The summed E-state index contributed by atoms with van der Waals surface area (Å²) in [5.74, 6) is -0.0617. The fraction of sp³-hybridized carbons (Fsp3) is 0.667. The summed E-state index contributed by atoms with van der Waals surface area (Å²) in [5.41, 5.74) is -1.20. The maximum Gasteiger partial charge on any atom is 0.355 e. The van der Waals surface area contributed by atoms with Crippen molar-refractivity contribution in [2.75, 3.05) is 11.4 Å². The molecule has 7 heteroatoms. The van der Waals surface area contributed by atoms with Crippen molar-refractivity contribution in [3.05, 3.63) is 21.0 Å². The van der Waals surface area contributed by atoms with E-state index in [4.69, 9.17) is 0 Å². The van der Waals surface area contributed by atoms with Crippen LogP contribution in [0, 0.1) is 5.92 Å². The standard InChI is InChI=1S/C12H20N4O3/c1-7(2)6-15(9(5)17)10-13-11(18)16(8(3)4)12(19)14-10/h7-8H,6H2,1-5H3,(H,13,14,18,19). The van der Waals surface area contributed by atoms with Gasteiger partial charge in [-0.3, -0.25) is 14.7 Å². The van der Waals surface area contributed by atoms with Crippen molar-refractivity contribution < 1.29 is 4.79 Å². The lowest BCUT2D eigenvalue weighted by Crippen LogP contribution is -2.43. The first kappa shape index (κ1) is 15.1. The third kappa shape index (κ3) is 3.52. The monoisotopic (exact) mass is 268 g/mol. The number of anilines is 1. The number of nitrogens with zero attached hydrogens (tertiary/aromatic N) is 3. The van der Waals surface area contributed by atoms with Gasteiger partial charge in [-0.2, -0.15) is 4.98 Å². The average molecular weight is 268 g/mol. The van der Waals surface area contributed by atoms with Crippen LogP contribution in [0.3, 0.4) is 0 Å². The molecule has 106 valence electrons. The van der Waals surface area contributed by atoms with Gasteiger partial charge in [-0.25, -0.2) is 14.2 Å². The minimum Gasteiger partial charge on any atom is -0.282 e. The van der Waals surface area contributed by atoms with E-state index in [0.717, 1.165) is 4.57 Å². The molecule has 1 N–H and O–H groups in total. The van der Waals surface area contributed by atoms with E-state index < -0.39 is 11.4 Å². The first-order chi connectivity index (χ1) is 8.73. The molecular formula is C12H20N4O3. The highest BCUT2D eigenvalue weighted by atomic mass is 16.2. The Bertz CT molecular complexity index is 540. The van der Waals surface area contributed by atoms with Gasteiger partial charge in [-0.1, -0.05) is 13.8 Å². The number of H-pyrrole nitrogens is 1. The highest BCUT2D eigenvalue weighted by Crippen LogP contribution is 2.07. The number of hydrogen-bond acceptors (Lipinski definition) is 4. The molecule has 0 spiro atoms. The van der Waals surface area contributed by atoms with Crippen LogP contribution in [0.1, 0.15) is 40.7 Å². The summed E-state index contributed by atoms with van der Waals surface area (Å²) in [5, 5.41) is 0. The van der Waals surface area contributed by atoms with Crippen LogP contribution in [-0.2, 0) is 4.79 Å². The average Bonchev–Trinajstić information content (AvgIpc) is 2.23. The molecule has 19 heavy (non-hydrogen) atoms. The lowest BCUT2D eigenvalue weighted by Gasteiger charge is -2.21. The Kier molecular flexibility index (Phi) is 4.63. The van der Waals surface area contributed by atoms with Gasteiger partial charge in [-0.15, -0.1) is 0 Å². The first-order valence-electron chi connectivity index (χ1n) is 6.25. The summed E-state index contributed by atoms with van der Waals surface area (Å²) < 4.78 is 1.01. The van der Waals surface area contributed by atoms with Crippen molar-refractivity contribution in [2.45, 2.75) is 40.7 Å². The molecule has 0 saturated carbocycles. The van der Waals surface area contributed by atoms with Crippen molar-refractivity contribution >= 4 is 11.9 Å². The Morgan fingerprint density at radius 1 is 1.32 bits per heavy atom. The van der Waals surface area contributed by atoms with Gasteiger partial charge < -0.3 is 0 Å². The summed E-state index contributed by atoms with van der Waals surface area (Å²) in [6.45, 7) is 9.07. The van der Waals surface area contributed by atoms with Crippen LogP contribution in [0.15, 0.2) is 9.59 Å². The topological polar surface area (TPSA) is 88.1 Å². The van der Waals surface area contributed by atoms with E-state index in [1.165, 1.54) is 11.8 Å². The fourth-order valence-corrected chi connectivity index (χ4v) is 1.73. The van der Waals surface area contributed by atoms with Gasteiger partial charge in [0.1, 0.15) is 0 Å². The Morgan fingerprint density at radius 3 is 2.26 bits per heavy atom. The van der Waals surface area contributed by atoms with Crippen LogP contribution < -0.4 is 16.3 Å². The molecule has 0 unspecified atom stereocenters. The normalized spacial score (nSPS) is 11.1. The predicted molar refractivity (Wildman–Crippen MR) is 72.4 cm³/mol. The highest BCUT2D eigenvalue weighted by Gasteiger charge is 2.18. The number of aromatic nitrogens is 3. The van der Waals surface area contributed by atoms with Gasteiger partial charge in [0.2, 0.25) is 11.9 Å². The molecule has 0 radical (unpaired) electrons. The molecule has 0 aromatic carbocycles. The molecule has 0 aliphatic heterocycles. The second-order valence-corrected chi connectivity index (χ2v) is 5.14. The van der Waals surface area contributed by atoms with Crippen LogP contribution in [-0.4, -0.2) is 27.0 Å². The molecule has 1 amide bonds. The zero-order chi connectivity index (χ0) is 14.7. The molecule has 1 rings (SSSR count). The Labute approximate surface area is 111 Å². The Morgan fingerprint density at radius 2 is 1.89 bits per heavy atom. The maximum atomic E-state index is 11.8. The Hall–Kier alpha value is -1.92. The Balaban J connectivity index is 3.32. The zero-order valence-corrected chi connectivity index (χ0v) is 11.9. The summed E-state index contributed by atoms with van der Waals surface area (Å²) in [7, 11) is 0. The minimum absolute atomic E-state index is 0.00750. The van der Waals surface area contributed by atoms with E-state index >= 15 is 0 Å². The van der Waals surface area contributed by atoms with Crippen molar-refractivity contribution in [1.82, 2.24) is 14.5 Å². The van der Waals surface area contributed by atoms with Crippen molar-refractivity contribution in [2.24, 2.45) is 5.92 Å². The van der Waals surface area contributed by atoms with Crippen LogP contribution in [0.5, 0.6) is 0 Å². The van der Waals surface area contributed by atoms with Crippen molar-refractivity contribution in [1.29, 1.82) is 0 Å². The molecule has 0 aliphatic carbocycles. The molecule has 0 aliphatic rings. The molecule has 0 atom stereocenters. The van der Waals surface area contributed by atoms with Gasteiger partial charge >= 0.3 is 11.4 Å². The lowest BCUT2D eigenvalue weighted by atomic mass is 10.2. The summed E-state index contributed by atoms with van der Waals surface area (Å²) in [6.07, 6.45) is 0. The molecule has 7 nitrogen and oxygen atoms in total. The van der Waals surface area contributed by atoms with Gasteiger partial charge in [0, 0.05) is 19.5 Å². The van der Waals surface area contributed by atoms with Crippen LogP contribution in [0.2, 0.25) is 0 Å². The number of carbonyl (C=O) groups excluding carboxylic acids is 1. The van der Waals surface area contributed by atoms with Crippen LogP contribution in [0.4, 0.5) is 5.95 Å². The van der Waals surface area contributed by atoms with Gasteiger partial charge in [0.25, 0.3) is 0 Å². The molecule has 0 bridgehead atoms. The number of rotatable bonds is 4. The van der Waals surface area contributed by atoms with Gasteiger partial charge in [-0.05, 0) is 19.8 Å². The molecule has 1 heterocycles. The highest BCUT2D eigenvalue weighted by molar-refractivity contribution is 5.89. The quantitative estimate of drug-likeness (QED) is 0.862. The summed E-state index contributed by atoms with van der Waals surface area (Å²) in [6, 6.07) is -0.284. The fourth-order valence-electron chi connectivity index (χ4n) is 1.73. The minimum atomic E-state index is -0.649. The van der Waals surface area contributed by atoms with Crippen LogP contribution >= 0.6 is 0 Å². The number of nitrogens with one attached hydrogen (secondary N) is 1. The predicted octanol–water partition coefficient (Wildman–Crippen LogP) is 0.521. The number of amides is 1. The van der Waals surface area contributed by atoms with E-state index in [1.807, 2.05) is 13.8 Å². The summed E-state index contributed by atoms with van der Waals surface area (Å²) >= 11 is 0. The SMILES string of the molecule is CC(=O)N(CC(C)C)c1nc(=O)n(C(C)C)c(=O)[nH]1. The molecule has 1 aromatic heterocycles. The third-order valence-corrected chi connectivity index (χ3v) is 2.55. The zero-order valence-electron chi connectivity index (χ0n) is 11.9. The lowest BCUT2D eigenvalue weighted by molar-refractivity contribution is -0.116. The summed E-state index contributed by atoms with van der Waals surface area (Å²) in [4.78, 5) is 42.8. The molecular weight excluding hydrogens is 248 g/mol. The van der Waals surface area contributed by atoms with Crippen molar-refractivity contribution in [3.63, 3.8) is 0 Å². The van der Waals surface area contributed by atoms with E-state index in [1.54, 1.807) is 13.8 Å². The second kappa shape index (κ2) is 5.81. The van der Waals surface area contributed by atoms with Crippen LogP contribution in [0.25, 0.3) is 0 Å². The third-order valence-electron chi connectivity index (χ3n) is 2.55. The largest absolute Gasteiger partial charge is 0.355 e. The molecule has 0 fully saturated rings.